The molecule has 2 rings (SSSR count). The number of amides is 1. The van der Waals surface area contributed by atoms with Gasteiger partial charge < -0.3 is 15.8 Å². The van der Waals surface area contributed by atoms with Gasteiger partial charge in [0, 0.05) is 13.2 Å². The fourth-order valence-electron chi connectivity index (χ4n) is 2.90. The summed E-state index contributed by atoms with van der Waals surface area (Å²) in [6.45, 7) is 2.03. The molecule has 4 nitrogen and oxygen atoms in total. The average Bonchev–Trinajstić information content (AvgIpc) is 2.55. The van der Waals surface area contributed by atoms with Crippen molar-refractivity contribution in [1.29, 1.82) is 0 Å². The van der Waals surface area contributed by atoms with Gasteiger partial charge in [-0.3, -0.25) is 4.79 Å². The molecular weight excluding hydrogens is 276 g/mol. The van der Waals surface area contributed by atoms with Crippen LogP contribution in [0, 0.1) is 0 Å². The number of benzene rings is 1. The first-order valence-electron chi connectivity index (χ1n) is 8.40. The van der Waals surface area contributed by atoms with Crippen molar-refractivity contribution in [3.63, 3.8) is 0 Å². The van der Waals surface area contributed by atoms with Gasteiger partial charge in [-0.25, -0.2) is 0 Å². The van der Waals surface area contributed by atoms with Crippen molar-refractivity contribution in [3.8, 4) is 0 Å². The van der Waals surface area contributed by atoms with Gasteiger partial charge in [0.1, 0.15) is 0 Å². The van der Waals surface area contributed by atoms with E-state index in [1.165, 1.54) is 12.0 Å². The Morgan fingerprint density at radius 1 is 1.14 bits per heavy atom. The number of carbonyl (C=O) groups is 1. The molecule has 122 valence electrons. The highest BCUT2D eigenvalue weighted by Crippen LogP contribution is 2.25. The first-order chi connectivity index (χ1) is 10.7. The predicted molar refractivity (Wildman–Crippen MR) is 88.6 cm³/mol. The minimum absolute atomic E-state index is 0.0106. The lowest BCUT2D eigenvalue weighted by Crippen LogP contribution is -2.55. The highest BCUT2D eigenvalue weighted by molar-refractivity contribution is 5.86. The van der Waals surface area contributed by atoms with Crippen LogP contribution in [0.2, 0.25) is 0 Å². The van der Waals surface area contributed by atoms with Crippen LogP contribution in [0.25, 0.3) is 0 Å². The van der Waals surface area contributed by atoms with E-state index < -0.39 is 5.54 Å². The largest absolute Gasteiger partial charge is 0.381 e. The smallest absolute Gasteiger partial charge is 0.240 e. The van der Waals surface area contributed by atoms with Crippen LogP contribution in [0.1, 0.15) is 44.1 Å². The summed E-state index contributed by atoms with van der Waals surface area (Å²) in [6.07, 6.45) is 6.70. The number of rotatable bonds is 8. The minimum Gasteiger partial charge on any atom is -0.381 e. The molecule has 0 aromatic heterocycles. The van der Waals surface area contributed by atoms with Crippen LogP contribution in [0.4, 0.5) is 0 Å². The lowest BCUT2D eigenvalue weighted by atomic mass is 9.82. The van der Waals surface area contributed by atoms with E-state index in [2.05, 4.69) is 17.4 Å². The number of nitrogens with two attached hydrogens (primary N) is 1. The summed E-state index contributed by atoms with van der Waals surface area (Å²) >= 11 is 0. The van der Waals surface area contributed by atoms with Gasteiger partial charge >= 0.3 is 0 Å². The summed E-state index contributed by atoms with van der Waals surface area (Å²) in [7, 11) is 0. The second-order valence-corrected chi connectivity index (χ2v) is 6.17. The van der Waals surface area contributed by atoms with Crippen LogP contribution in [-0.4, -0.2) is 31.2 Å². The second kappa shape index (κ2) is 8.91. The van der Waals surface area contributed by atoms with Gasteiger partial charge in [-0.15, -0.1) is 0 Å². The molecule has 0 unspecified atom stereocenters. The van der Waals surface area contributed by atoms with E-state index in [1.807, 2.05) is 18.2 Å². The van der Waals surface area contributed by atoms with Gasteiger partial charge in [0.05, 0.1) is 12.1 Å². The van der Waals surface area contributed by atoms with Crippen molar-refractivity contribution in [2.45, 2.75) is 50.5 Å². The fraction of sp³-hybridized carbons (Fsp3) is 0.611. The van der Waals surface area contributed by atoms with Crippen molar-refractivity contribution in [2.75, 3.05) is 19.8 Å². The Kier molecular flexibility index (Phi) is 6.87. The topological polar surface area (TPSA) is 64.4 Å². The molecule has 4 heteroatoms. The summed E-state index contributed by atoms with van der Waals surface area (Å²) in [4.78, 5) is 12.1. The van der Waals surface area contributed by atoms with E-state index in [4.69, 9.17) is 10.5 Å². The first-order valence-corrected chi connectivity index (χ1v) is 8.40. The van der Waals surface area contributed by atoms with Crippen molar-refractivity contribution >= 4 is 5.91 Å². The van der Waals surface area contributed by atoms with Crippen molar-refractivity contribution in [2.24, 2.45) is 5.73 Å². The van der Waals surface area contributed by atoms with E-state index in [-0.39, 0.29) is 5.91 Å². The summed E-state index contributed by atoms with van der Waals surface area (Å²) in [5.74, 6) is 0.0106. The molecule has 1 aliphatic carbocycles. The van der Waals surface area contributed by atoms with Crippen LogP contribution in [0.15, 0.2) is 30.3 Å². The monoisotopic (exact) mass is 304 g/mol. The van der Waals surface area contributed by atoms with E-state index in [9.17, 15) is 4.79 Å². The summed E-state index contributed by atoms with van der Waals surface area (Å²) < 4.78 is 5.61. The summed E-state index contributed by atoms with van der Waals surface area (Å²) in [5, 5.41) is 2.96. The van der Waals surface area contributed by atoms with Gasteiger partial charge in [-0.05, 0) is 31.2 Å². The zero-order valence-corrected chi connectivity index (χ0v) is 13.4. The normalized spacial score (nSPS) is 17.1. The standard InChI is InChI=1S/C18H28N2O2/c19-18(11-5-2-6-12-18)17(21)20-13-7-14-22-15-10-16-8-3-1-4-9-16/h1,3-4,8-9H,2,5-7,10-15,19H2,(H,20,21). The molecule has 1 fully saturated rings. The van der Waals surface area contributed by atoms with E-state index in [0.29, 0.717) is 13.2 Å². The maximum atomic E-state index is 12.1. The fourth-order valence-corrected chi connectivity index (χ4v) is 2.90. The van der Waals surface area contributed by atoms with Gasteiger partial charge in [-0.1, -0.05) is 49.6 Å². The Morgan fingerprint density at radius 3 is 2.59 bits per heavy atom. The Bertz CT molecular complexity index is 442. The number of ether oxygens (including phenoxy) is 1. The third-order valence-electron chi connectivity index (χ3n) is 4.33. The van der Waals surface area contributed by atoms with Crippen LogP contribution in [0.5, 0.6) is 0 Å². The Balaban J connectivity index is 1.51. The Morgan fingerprint density at radius 2 is 1.86 bits per heavy atom. The third kappa shape index (κ3) is 5.43. The molecule has 1 amide bonds. The highest BCUT2D eigenvalue weighted by atomic mass is 16.5. The van der Waals surface area contributed by atoms with E-state index in [1.54, 1.807) is 0 Å². The SMILES string of the molecule is NC1(C(=O)NCCCOCCc2ccccc2)CCCCC1. The molecule has 1 aliphatic rings. The lowest BCUT2D eigenvalue weighted by molar-refractivity contribution is -0.127. The number of carbonyl (C=O) groups excluding carboxylic acids is 1. The summed E-state index contributed by atoms with van der Waals surface area (Å²) in [6, 6.07) is 10.3. The molecule has 22 heavy (non-hydrogen) atoms. The molecule has 0 saturated heterocycles. The maximum Gasteiger partial charge on any atom is 0.240 e. The molecule has 1 saturated carbocycles. The van der Waals surface area contributed by atoms with Crippen molar-refractivity contribution < 1.29 is 9.53 Å². The predicted octanol–water partition coefficient (Wildman–Crippen LogP) is 2.41. The Labute approximate surface area is 133 Å². The lowest BCUT2D eigenvalue weighted by Gasteiger charge is -2.31. The third-order valence-corrected chi connectivity index (χ3v) is 4.33. The molecule has 0 radical (unpaired) electrons. The zero-order valence-electron chi connectivity index (χ0n) is 13.4. The zero-order chi connectivity index (χ0) is 15.7. The van der Waals surface area contributed by atoms with Crippen molar-refractivity contribution in [3.05, 3.63) is 35.9 Å². The van der Waals surface area contributed by atoms with Gasteiger partial charge in [-0.2, -0.15) is 0 Å². The number of hydrogen-bond acceptors (Lipinski definition) is 3. The molecule has 0 aliphatic heterocycles. The average molecular weight is 304 g/mol. The van der Waals surface area contributed by atoms with Crippen LogP contribution >= 0.6 is 0 Å². The van der Waals surface area contributed by atoms with Gasteiger partial charge in [0.2, 0.25) is 5.91 Å². The molecule has 3 N–H and O–H groups in total. The molecule has 1 aromatic rings. The number of nitrogens with one attached hydrogen (secondary N) is 1. The highest BCUT2D eigenvalue weighted by Gasteiger charge is 2.34. The van der Waals surface area contributed by atoms with Gasteiger partial charge in [0.15, 0.2) is 0 Å². The molecule has 0 bridgehead atoms. The quantitative estimate of drug-likeness (QED) is 0.725. The van der Waals surface area contributed by atoms with Crippen LogP contribution < -0.4 is 11.1 Å². The molecule has 0 heterocycles. The van der Waals surface area contributed by atoms with E-state index in [0.717, 1.165) is 45.1 Å². The van der Waals surface area contributed by atoms with Crippen LogP contribution in [0.3, 0.4) is 0 Å². The molecular formula is C18H28N2O2. The first kappa shape index (κ1) is 17.0. The molecule has 0 atom stereocenters. The molecule has 0 spiro atoms. The van der Waals surface area contributed by atoms with Crippen LogP contribution in [-0.2, 0) is 16.0 Å². The maximum absolute atomic E-state index is 12.1. The molecule has 1 aromatic carbocycles. The minimum atomic E-state index is -0.633. The second-order valence-electron chi connectivity index (χ2n) is 6.17. The van der Waals surface area contributed by atoms with E-state index >= 15 is 0 Å². The Hall–Kier alpha value is -1.39. The summed E-state index contributed by atoms with van der Waals surface area (Å²) in [5.41, 5.74) is 6.84. The number of hydrogen-bond donors (Lipinski definition) is 2. The van der Waals surface area contributed by atoms with Crippen molar-refractivity contribution in [1.82, 2.24) is 5.32 Å². The van der Waals surface area contributed by atoms with Gasteiger partial charge in [0.25, 0.3) is 0 Å².